The van der Waals surface area contributed by atoms with E-state index in [0.29, 0.717) is 6.04 Å². The van der Waals surface area contributed by atoms with Crippen molar-refractivity contribution in [1.29, 1.82) is 0 Å². The van der Waals surface area contributed by atoms with E-state index in [0.717, 1.165) is 18.2 Å². The number of hydrogen-bond acceptors (Lipinski definition) is 3. The van der Waals surface area contributed by atoms with E-state index in [1.165, 1.54) is 30.6 Å². The van der Waals surface area contributed by atoms with Gasteiger partial charge in [-0.25, -0.2) is 0 Å². The molecule has 0 aromatic carbocycles. The minimum absolute atomic E-state index is 0.704. The number of rotatable bonds is 3. The lowest BCUT2D eigenvalue weighted by Gasteiger charge is -2.27. The third-order valence-corrected chi connectivity index (χ3v) is 4.20. The number of hydrogen-bond donors (Lipinski definition) is 2. The van der Waals surface area contributed by atoms with E-state index in [1.54, 1.807) is 11.3 Å². The van der Waals surface area contributed by atoms with Gasteiger partial charge in [0.2, 0.25) is 0 Å². The van der Waals surface area contributed by atoms with Crippen LogP contribution >= 0.6 is 11.3 Å². The maximum Gasteiger partial charge on any atom is 0.0468 e. The Bertz CT molecular complexity index is 308. The molecule has 0 aliphatic heterocycles. The second-order valence-electron chi connectivity index (χ2n) is 4.65. The molecule has 84 valence electrons. The van der Waals surface area contributed by atoms with E-state index in [4.69, 9.17) is 5.73 Å². The van der Waals surface area contributed by atoms with Crippen LogP contribution in [0.4, 0.5) is 5.69 Å². The Morgan fingerprint density at radius 2 is 2.40 bits per heavy atom. The lowest BCUT2D eigenvalue weighted by atomic mass is 9.87. The Kier molecular flexibility index (Phi) is 3.65. The van der Waals surface area contributed by atoms with Crippen LogP contribution in [0.3, 0.4) is 0 Å². The molecule has 1 fully saturated rings. The minimum atomic E-state index is 0.704. The highest BCUT2D eigenvalue weighted by Crippen LogP contribution is 2.25. The van der Waals surface area contributed by atoms with Gasteiger partial charge in [-0.2, -0.15) is 0 Å². The van der Waals surface area contributed by atoms with Gasteiger partial charge in [0.1, 0.15) is 0 Å². The zero-order chi connectivity index (χ0) is 10.7. The summed E-state index contributed by atoms with van der Waals surface area (Å²) in [7, 11) is 0. The molecule has 1 saturated carbocycles. The molecule has 0 spiro atoms. The van der Waals surface area contributed by atoms with Crippen LogP contribution < -0.4 is 11.1 Å². The summed E-state index contributed by atoms with van der Waals surface area (Å²) in [5.74, 6) is 0.886. The van der Waals surface area contributed by atoms with Crippen molar-refractivity contribution in [3.63, 3.8) is 0 Å². The Balaban J connectivity index is 1.80. The summed E-state index contributed by atoms with van der Waals surface area (Å²) in [5.41, 5.74) is 6.79. The van der Waals surface area contributed by atoms with Crippen LogP contribution in [-0.4, -0.2) is 6.04 Å². The van der Waals surface area contributed by atoms with Gasteiger partial charge < -0.3 is 11.1 Å². The van der Waals surface area contributed by atoms with E-state index in [2.05, 4.69) is 17.6 Å². The van der Waals surface area contributed by atoms with Crippen LogP contribution in [0.1, 0.15) is 37.5 Å². The Morgan fingerprint density at radius 1 is 1.53 bits per heavy atom. The molecular weight excluding hydrogens is 204 g/mol. The molecule has 1 heterocycles. The molecular formula is C12H20N2S. The first kappa shape index (κ1) is 11.0. The summed E-state index contributed by atoms with van der Waals surface area (Å²) in [5, 5.41) is 5.69. The third-order valence-electron chi connectivity index (χ3n) is 3.27. The molecule has 1 aromatic rings. The Hall–Kier alpha value is -0.540. The fourth-order valence-electron chi connectivity index (χ4n) is 2.35. The fourth-order valence-corrected chi connectivity index (χ4v) is 3.10. The maximum atomic E-state index is 5.85. The molecule has 1 aliphatic carbocycles. The smallest absolute Gasteiger partial charge is 0.0468 e. The van der Waals surface area contributed by atoms with E-state index >= 15 is 0 Å². The maximum absolute atomic E-state index is 5.85. The predicted molar refractivity (Wildman–Crippen MR) is 67.0 cm³/mol. The molecule has 3 N–H and O–H groups in total. The average molecular weight is 224 g/mol. The van der Waals surface area contributed by atoms with E-state index < -0.39 is 0 Å². The molecule has 0 amide bonds. The topological polar surface area (TPSA) is 38.0 Å². The highest BCUT2D eigenvalue weighted by atomic mass is 32.1. The second kappa shape index (κ2) is 4.99. The molecule has 1 aliphatic rings. The van der Waals surface area contributed by atoms with Gasteiger partial charge in [0.15, 0.2) is 0 Å². The molecule has 2 unspecified atom stereocenters. The van der Waals surface area contributed by atoms with Crippen LogP contribution in [0, 0.1) is 5.92 Å². The van der Waals surface area contributed by atoms with Crippen molar-refractivity contribution >= 4 is 17.0 Å². The van der Waals surface area contributed by atoms with Crippen LogP contribution in [-0.2, 0) is 6.54 Å². The van der Waals surface area contributed by atoms with Gasteiger partial charge in [0.05, 0.1) is 0 Å². The predicted octanol–water partition coefficient (Wildman–Crippen LogP) is 3.00. The first-order valence-corrected chi connectivity index (χ1v) is 6.69. The van der Waals surface area contributed by atoms with E-state index in [9.17, 15) is 0 Å². The van der Waals surface area contributed by atoms with Crippen molar-refractivity contribution in [3.05, 3.63) is 16.3 Å². The lowest BCUT2D eigenvalue weighted by molar-refractivity contribution is 0.301. The van der Waals surface area contributed by atoms with Crippen molar-refractivity contribution in [2.45, 2.75) is 45.2 Å². The Labute approximate surface area is 95.9 Å². The number of thiophene rings is 1. The van der Waals surface area contributed by atoms with Gasteiger partial charge in [-0.15, -0.1) is 11.3 Å². The molecule has 2 atom stereocenters. The number of anilines is 1. The van der Waals surface area contributed by atoms with Crippen LogP contribution in [0.25, 0.3) is 0 Å². The summed E-state index contributed by atoms with van der Waals surface area (Å²) >= 11 is 1.75. The van der Waals surface area contributed by atoms with Gasteiger partial charge in [-0.1, -0.05) is 19.8 Å². The van der Waals surface area contributed by atoms with E-state index in [1.807, 2.05) is 6.07 Å². The Morgan fingerprint density at radius 3 is 3.07 bits per heavy atom. The second-order valence-corrected chi connectivity index (χ2v) is 5.65. The molecule has 3 heteroatoms. The van der Waals surface area contributed by atoms with Gasteiger partial charge in [-0.05, 0) is 30.2 Å². The minimum Gasteiger partial charge on any atom is -0.398 e. The van der Waals surface area contributed by atoms with Gasteiger partial charge in [0.25, 0.3) is 0 Å². The van der Waals surface area contributed by atoms with Crippen LogP contribution in [0.2, 0.25) is 0 Å². The highest BCUT2D eigenvalue weighted by Gasteiger charge is 2.18. The molecule has 1 aromatic heterocycles. The summed E-state index contributed by atoms with van der Waals surface area (Å²) in [6, 6.07) is 2.70. The highest BCUT2D eigenvalue weighted by molar-refractivity contribution is 7.10. The third kappa shape index (κ3) is 2.95. The quantitative estimate of drug-likeness (QED) is 0.828. The molecule has 0 saturated heterocycles. The van der Waals surface area contributed by atoms with Crippen LogP contribution in [0.5, 0.6) is 0 Å². The van der Waals surface area contributed by atoms with Gasteiger partial charge in [-0.3, -0.25) is 0 Å². The van der Waals surface area contributed by atoms with Crippen molar-refractivity contribution in [1.82, 2.24) is 5.32 Å². The summed E-state index contributed by atoms with van der Waals surface area (Å²) < 4.78 is 0. The molecule has 2 rings (SSSR count). The standard InChI is InChI=1S/C12H20N2S/c1-9-3-2-4-10(7-9)14-8-12-11(13)5-6-15-12/h5-6,9-10,14H,2-4,7-8,13H2,1H3. The first-order chi connectivity index (χ1) is 7.25. The van der Waals surface area contributed by atoms with E-state index in [-0.39, 0.29) is 0 Å². The number of nitrogens with two attached hydrogens (primary N) is 1. The number of nitrogens with one attached hydrogen (secondary N) is 1. The van der Waals surface area contributed by atoms with Crippen molar-refractivity contribution in [3.8, 4) is 0 Å². The van der Waals surface area contributed by atoms with Crippen LogP contribution in [0.15, 0.2) is 11.4 Å². The summed E-state index contributed by atoms with van der Waals surface area (Å²) in [6.45, 7) is 3.30. The zero-order valence-corrected chi connectivity index (χ0v) is 10.1. The first-order valence-electron chi connectivity index (χ1n) is 5.81. The monoisotopic (exact) mass is 224 g/mol. The SMILES string of the molecule is CC1CCCC(NCc2sccc2N)C1. The normalized spacial score (nSPS) is 26.7. The molecule has 0 radical (unpaired) electrons. The summed E-state index contributed by atoms with van der Waals surface area (Å²) in [6.07, 6.45) is 5.43. The average Bonchev–Trinajstić information content (AvgIpc) is 2.61. The van der Waals surface area contributed by atoms with Crippen molar-refractivity contribution in [2.24, 2.45) is 5.92 Å². The van der Waals surface area contributed by atoms with Gasteiger partial charge in [0, 0.05) is 23.2 Å². The number of nitrogen functional groups attached to an aromatic ring is 1. The summed E-state index contributed by atoms with van der Waals surface area (Å²) in [4.78, 5) is 1.29. The van der Waals surface area contributed by atoms with Crippen molar-refractivity contribution < 1.29 is 0 Å². The zero-order valence-electron chi connectivity index (χ0n) is 9.33. The molecule has 2 nitrogen and oxygen atoms in total. The van der Waals surface area contributed by atoms with Crippen molar-refractivity contribution in [2.75, 3.05) is 5.73 Å². The lowest BCUT2D eigenvalue weighted by Crippen LogP contribution is -2.32. The van der Waals surface area contributed by atoms with Gasteiger partial charge >= 0.3 is 0 Å². The molecule has 0 bridgehead atoms. The largest absolute Gasteiger partial charge is 0.398 e. The molecule has 15 heavy (non-hydrogen) atoms. The fraction of sp³-hybridized carbons (Fsp3) is 0.667.